The number of pyridine rings is 1. The maximum absolute atomic E-state index is 12.4. The van der Waals surface area contributed by atoms with E-state index in [9.17, 15) is 4.79 Å². The first kappa shape index (κ1) is 14.0. The van der Waals surface area contributed by atoms with Crippen LogP contribution in [0.3, 0.4) is 0 Å². The average molecular weight is 325 g/mol. The summed E-state index contributed by atoms with van der Waals surface area (Å²) in [6.07, 6.45) is 4.77. The summed E-state index contributed by atoms with van der Waals surface area (Å²) in [4.78, 5) is 23.0. The number of rotatable bonds is 2. The maximum Gasteiger partial charge on any atom is 0.191 e. The number of carbonyl (C=O) groups excluding carboxylic acids is 1. The molecule has 2 aliphatic heterocycles. The number of anilines is 1. The van der Waals surface area contributed by atoms with Crippen molar-refractivity contribution in [3.8, 4) is 0 Å². The quantitative estimate of drug-likeness (QED) is 0.681. The number of aliphatic imine (C=N–C) groups is 1. The third-order valence-corrected chi connectivity index (χ3v) is 4.17. The Morgan fingerprint density at radius 2 is 2.22 bits per heavy atom. The van der Waals surface area contributed by atoms with Crippen LogP contribution >= 0.6 is 11.6 Å². The van der Waals surface area contributed by atoms with Crippen molar-refractivity contribution in [3.63, 3.8) is 0 Å². The normalized spacial score (nSPS) is 17.3. The highest BCUT2D eigenvalue weighted by molar-refractivity contribution is 6.34. The van der Waals surface area contributed by atoms with E-state index in [0.29, 0.717) is 23.0 Å². The van der Waals surface area contributed by atoms with E-state index in [0.717, 1.165) is 23.6 Å². The Morgan fingerprint density at radius 1 is 1.30 bits per heavy atom. The van der Waals surface area contributed by atoms with Gasteiger partial charge in [0.2, 0.25) is 0 Å². The molecule has 0 fully saturated rings. The minimum Gasteiger partial charge on any atom is -0.340 e. The molecule has 6 heteroatoms. The van der Waals surface area contributed by atoms with E-state index in [2.05, 4.69) is 15.3 Å². The molecule has 2 aliphatic rings. The summed E-state index contributed by atoms with van der Waals surface area (Å²) in [5, 5.41) is 3.88. The number of halogens is 1. The van der Waals surface area contributed by atoms with Crippen LogP contribution in [0.5, 0.6) is 0 Å². The second-order valence-corrected chi connectivity index (χ2v) is 5.69. The molecule has 0 atom stereocenters. The predicted octanol–water partition coefficient (Wildman–Crippen LogP) is 2.95. The summed E-state index contributed by atoms with van der Waals surface area (Å²) in [7, 11) is 0. The number of carbonyl (C=O) groups is 1. The van der Waals surface area contributed by atoms with E-state index in [1.54, 1.807) is 30.6 Å². The molecule has 1 N–H and O–H groups in total. The van der Waals surface area contributed by atoms with Gasteiger partial charge in [-0.15, -0.1) is 0 Å². The maximum atomic E-state index is 12.4. The first-order valence-electron chi connectivity index (χ1n) is 7.28. The summed E-state index contributed by atoms with van der Waals surface area (Å²) >= 11 is 6.29. The van der Waals surface area contributed by atoms with Crippen LogP contribution in [0.15, 0.2) is 59.6 Å². The number of amidine groups is 1. The Morgan fingerprint density at radius 3 is 3.04 bits per heavy atom. The molecule has 0 bridgehead atoms. The highest BCUT2D eigenvalue weighted by Gasteiger charge is 2.30. The largest absolute Gasteiger partial charge is 0.340 e. The lowest BCUT2D eigenvalue weighted by molar-refractivity contribution is 0.104. The highest BCUT2D eigenvalue weighted by Crippen LogP contribution is 2.35. The van der Waals surface area contributed by atoms with Crippen molar-refractivity contribution < 1.29 is 4.79 Å². The van der Waals surface area contributed by atoms with Gasteiger partial charge in [0, 0.05) is 36.1 Å². The molecule has 1 aromatic heterocycles. The predicted molar refractivity (Wildman–Crippen MR) is 89.8 cm³/mol. The molecule has 1 aromatic carbocycles. The van der Waals surface area contributed by atoms with Crippen molar-refractivity contribution in [3.05, 3.63) is 70.8 Å². The van der Waals surface area contributed by atoms with Gasteiger partial charge in [-0.1, -0.05) is 17.7 Å². The van der Waals surface area contributed by atoms with Gasteiger partial charge in [-0.3, -0.25) is 14.8 Å². The van der Waals surface area contributed by atoms with Crippen molar-refractivity contribution in [1.82, 2.24) is 9.88 Å². The van der Waals surface area contributed by atoms with E-state index in [1.165, 1.54) is 0 Å². The molecule has 0 amide bonds. The van der Waals surface area contributed by atoms with Crippen molar-refractivity contribution in [2.24, 2.45) is 4.99 Å². The highest BCUT2D eigenvalue weighted by atomic mass is 35.5. The second kappa shape index (κ2) is 5.52. The molecular formula is C17H13ClN4O. The summed E-state index contributed by atoms with van der Waals surface area (Å²) in [6.45, 7) is 1.43. The Labute approximate surface area is 138 Å². The number of hydrogen-bond acceptors (Lipinski definition) is 5. The lowest BCUT2D eigenvalue weighted by Gasteiger charge is -2.31. The standard InChI is InChI=1S/C17H13ClN4O/c18-13-5-1-4-12-16(13)21-15(22-8-7-20-17(12)22)9-14(23)11-3-2-6-19-10-11/h1-6,9-10,21H,7-8H2. The minimum absolute atomic E-state index is 0.109. The summed E-state index contributed by atoms with van der Waals surface area (Å²) in [5.74, 6) is 1.43. The summed E-state index contributed by atoms with van der Waals surface area (Å²) in [6, 6.07) is 9.19. The van der Waals surface area contributed by atoms with Gasteiger partial charge in [-0.25, -0.2) is 0 Å². The van der Waals surface area contributed by atoms with E-state index < -0.39 is 0 Å². The number of ketones is 1. The van der Waals surface area contributed by atoms with Crippen LogP contribution in [-0.4, -0.2) is 34.6 Å². The number of allylic oxidation sites excluding steroid dienone is 1. The Bertz CT molecular complexity index is 845. The number of hydrogen-bond donors (Lipinski definition) is 1. The molecule has 4 rings (SSSR count). The third-order valence-electron chi connectivity index (χ3n) is 3.85. The second-order valence-electron chi connectivity index (χ2n) is 5.28. The van der Waals surface area contributed by atoms with Gasteiger partial charge in [-0.2, -0.15) is 0 Å². The SMILES string of the molecule is O=C(C=C1Nc2c(Cl)cccc2C2=NCCN12)c1cccnc1. The van der Waals surface area contributed by atoms with Gasteiger partial charge in [0.05, 0.1) is 17.3 Å². The first-order valence-corrected chi connectivity index (χ1v) is 7.66. The lowest BCUT2D eigenvalue weighted by atomic mass is 10.1. The molecule has 23 heavy (non-hydrogen) atoms. The summed E-state index contributed by atoms with van der Waals surface area (Å²) < 4.78 is 0. The van der Waals surface area contributed by atoms with Crippen LogP contribution < -0.4 is 5.32 Å². The fourth-order valence-electron chi connectivity index (χ4n) is 2.78. The molecule has 0 unspecified atom stereocenters. The van der Waals surface area contributed by atoms with E-state index >= 15 is 0 Å². The van der Waals surface area contributed by atoms with Crippen LogP contribution in [0.4, 0.5) is 5.69 Å². The van der Waals surface area contributed by atoms with Crippen LogP contribution in [0.2, 0.25) is 5.02 Å². The fourth-order valence-corrected chi connectivity index (χ4v) is 3.00. The zero-order chi connectivity index (χ0) is 15.8. The Balaban J connectivity index is 1.76. The van der Waals surface area contributed by atoms with Gasteiger partial charge >= 0.3 is 0 Å². The van der Waals surface area contributed by atoms with Gasteiger partial charge in [0.25, 0.3) is 0 Å². The molecule has 0 saturated heterocycles. The van der Waals surface area contributed by atoms with Gasteiger partial charge in [-0.05, 0) is 24.3 Å². The molecule has 0 spiro atoms. The molecular weight excluding hydrogens is 312 g/mol. The molecule has 5 nitrogen and oxygen atoms in total. The zero-order valence-corrected chi connectivity index (χ0v) is 12.9. The van der Waals surface area contributed by atoms with E-state index in [-0.39, 0.29) is 5.78 Å². The minimum atomic E-state index is -0.109. The monoisotopic (exact) mass is 324 g/mol. The molecule has 0 saturated carbocycles. The molecule has 0 radical (unpaired) electrons. The third kappa shape index (κ3) is 2.39. The number of nitrogens with zero attached hydrogens (tertiary/aromatic N) is 3. The topological polar surface area (TPSA) is 57.6 Å². The molecule has 3 heterocycles. The first-order chi connectivity index (χ1) is 11.2. The van der Waals surface area contributed by atoms with Gasteiger partial charge in [0.15, 0.2) is 5.78 Å². The Hall–Kier alpha value is -2.66. The van der Waals surface area contributed by atoms with Crippen LogP contribution in [-0.2, 0) is 0 Å². The van der Waals surface area contributed by atoms with Crippen molar-refractivity contribution in [1.29, 1.82) is 0 Å². The van der Waals surface area contributed by atoms with E-state index in [4.69, 9.17) is 11.6 Å². The fraction of sp³-hybridized carbons (Fsp3) is 0.118. The van der Waals surface area contributed by atoms with Crippen LogP contribution in [0.1, 0.15) is 15.9 Å². The van der Waals surface area contributed by atoms with Crippen LogP contribution in [0, 0.1) is 0 Å². The van der Waals surface area contributed by atoms with Gasteiger partial charge < -0.3 is 10.2 Å². The lowest BCUT2D eigenvalue weighted by Crippen LogP contribution is -2.36. The van der Waals surface area contributed by atoms with Crippen molar-refractivity contribution >= 4 is 28.9 Å². The number of aromatic nitrogens is 1. The summed E-state index contributed by atoms with van der Waals surface area (Å²) in [5.41, 5.74) is 2.29. The van der Waals surface area contributed by atoms with E-state index in [1.807, 2.05) is 23.1 Å². The average Bonchev–Trinajstić information content (AvgIpc) is 3.07. The van der Waals surface area contributed by atoms with Crippen LogP contribution in [0.25, 0.3) is 0 Å². The number of fused-ring (bicyclic) bond motifs is 3. The number of benzene rings is 1. The Kier molecular flexibility index (Phi) is 3.35. The molecule has 114 valence electrons. The molecule has 0 aliphatic carbocycles. The zero-order valence-electron chi connectivity index (χ0n) is 12.2. The van der Waals surface area contributed by atoms with Crippen molar-refractivity contribution in [2.75, 3.05) is 18.4 Å². The smallest absolute Gasteiger partial charge is 0.191 e. The number of nitrogens with one attached hydrogen (secondary N) is 1. The number of para-hydroxylation sites is 1. The van der Waals surface area contributed by atoms with Crippen molar-refractivity contribution in [2.45, 2.75) is 0 Å². The van der Waals surface area contributed by atoms with Gasteiger partial charge in [0.1, 0.15) is 11.7 Å². The molecule has 2 aromatic rings.